The van der Waals surface area contributed by atoms with E-state index in [9.17, 15) is 0 Å². The van der Waals surface area contributed by atoms with E-state index >= 15 is 0 Å². The Morgan fingerprint density at radius 3 is 1.29 bits per heavy atom. The Bertz CT molecular complexity index is 523. The third-order valence-electron chi connectivity index (χ3n) is 6.29. The van der Waals surface area contributed by atoms with Gasteiger partial charge in [0.1, 0.15) is 0 Å². The van der Waals surface area contributed by atoms with Gasteiger partial charge in [0, 0.05) is 11.5 Å². The topological polar surface area (TPSA) is 18.5 Å². The molecule has 2 nitrogen and oxygen atoms in total. The van der Waals surface area contributed by atoms with E-state index < -0.39 is 0 Å². The van der Waals surface area contributed by atoms with Gasteiger partial charge in [-0.15, -0.1) is 0 Å². The first-order valence-electron chi connectivity index (χ1n) is 13.3. The zero-order valence-corrected chi connectivity index (χ0v) is 21.3. The average molecular weight is 449 g/mol. The molecule has 0 unspecified atom stereocenters. The van der Waals surface area contributed by atoms with Crippen molar-refractivity contribution < 1.29 is 9.47 Å². The number of hydrogen-bond donors (Lipinski definition) is 0. The van der Waals surface area contributed by atoms with Gasteiger partial charge in [-0.2, -0.15) is 11.8 Å². The van der Waals surface area contributed by atoms with E-state index in [2.05, 4.69) is 26.0 Å². The molecule has 0 saturated heterocycles. The highest BCUT2D eigenvalue weighted by Crippen LogP contribution is 2.38. The number of ether oxygens (including phenoxy) is 2. The first kappa shape index (κ1) is 26.4. The van der Waals surface area contributed by atoms with Crippen molar-refractivity contribution in [3.8, 4) is 11.5 Å². The quantitative estimate of drug-likeness (QED) is 0.185. The largest absolute Gasteiger partial charge is 0.490 e. The molecule has 1 heterocycles. The van der Waals surface area contributed by atoms with E-state index in [0.717, 1.165) is 49.1 Å². The Balaban J connectivity index is 1.65. The molecule has 0 saturated carbocycles. The molecule has 0 bridgehead atoms. The predicted octanol–water partition coefficient (Wildman–Crippen LogP) is 9.47. The lowest BCUT2D eigenvalue weighted by molar-refractivity contribution is 0.258. The highest BCUT2D eigenvalue weighted by Gasteiger charge is 2.17. The molecular formula is C28H48O2S. The Labute approximate surface area is 197 Å². The summed E-state index contributed by atoms with van der Waals surface area (Å²) in [6, 6.07) is 4.51. The monoisotopic (exact) mass is 448 g/mol. The van der Waals surface area contributed by atoms with Gasteiger partial charge in [0.2, 0.25) is 0 Å². The molecule has 178 valence electrons. The van der Waals surface area contributed by atoms with Crippen LogP contribution < -0.4 is 9.47 Å². The molecule has 0 atom stereocenters. The minimum atomic E-state index is 0.814. The van der Waals surface area contributed by atoms with Crippen LogP contribution in [-0.2, 0) is 11.5 Å². The van der Waals surface area contributed by atoms with Gasteiger partial charge in [0.05, 0.1) is 13.2 Å². The van der Waals surface area contributed by atoms with E-state index in [1.54, 1.807) is 0 Å². The van der Waals surface area contributed by atoms with Crippen LogP contribution in [0.2, 0.25) is 0 Å². The fourth-order valence-corrected chi connectivity index (χ4v) is 5.32. The predicted molar refractivity (Wildman–Crippen MR) is 138 cm³/mol. The van der Waals surface area contributed by atoms with Gasteiger partial charge in [0.25, 0.3) is 0 Å². The molecule has 0 fully saturated rings. The van der Waals surface area contributed by atoms with Crippen LogP contribution in [0.15, 0.2) is 12.1 Å². The fraction of sp³-hybridized carbons (Fsp3) is 0.786. The molecular weight excluding hydrogens is 400 g/mol. The molecule has 0 amide bonds. The summed E-state index contributed by atoms with van der Waals surface area (Å²) >= 11 is 2.00. The molecule has 31 heavy (non-hydrogen) atoms. The van der Waals surface area contributed by atoms with Gasteiger partial charge >= 0.3 is 0 Å². The zero-order valence-electron chi connectivity index (χ0n) is 20.5. The molecule has 1 aromatic carbocycles. The van der Waals surface area contributed by atoms with Crippen LogP contribution >= 0.6 is 11.8 Å². The molecule has 0 aromatic heterocycles. The van der Waals surface area contributed by atoms with Gasteiger partial charge in [-0.25, -0.2) is 0 Å². The van der Waals surface area contributed by atoms with E-state index in [4.69, 9.17) is 9.47 Å². The lowest BCUT2D eigenvalue weighted by Gasteiger charge is -2.15. The van der Waals surface area contributed by atoms with Crippen molar-refractivity contribution >= 4 is 11.8 Å². The highest BCUT2D eigenvalue weighted by molar-refractivity contribution is 7.98. The van der Waals surface area contributed by atoms with Gasteiger partial charge in [-0.1, -0.05) is 104 Å². The Hall–Kier alpha value is -0.830. The van der Waals surface area contributed by atoms with Crippen molar-refractivity contribution in [3.05, 3.63) is 23.3 Å². The standard InChI is InChI=1S/C28H48O2S/c1-3-5-7-9-11-13-15-17-19-29-27-21-25-23-31-24-26(25)22-28(27)30-20-18-16-14-12-10-8-6-4-2/h21-22H,3-20,23-24H2,1-2H3. The molecule has 1 aliphatic heterocycles. The summed E-state index contributed by atoms with van der Waals surface area (Å²) in [5.41, 5.74) is 2.88. The third-order valence-corrected chi connectivity index (χ3v) is 7.32. The zero-order chi connectivity index (χ0) is 22.0. The van der Waals surface area contributed by atoms with Crippen molar-refractivity contribution in [1.82, 2.24) is 0 Å². The SMILES string of the molecule is CCCCCCCCCCOc1cc2c(cc1OCCCCCCCCCC)CSC2. The second kappa shape index (κ2) is 17.7. The first-order chi connectivity index (χ1) is 15.3. The van der Waals surface area contributed by atoms with Gasteiger partial charge in [-0.3, -0.25) is 0 Å². The van der Waals surface area contributed by atoms with Gasteiger partial charge in [-0.05, 0) is 36.1 Å². The molecule has 1 aromatic rings. The second-order valence-corrected chi connectivity index (χ2v) is 10.2. The number of unbranched alkanes of at least 4 members (excludes halogenated alkanes) is 14. The number of benzene rings is 1. The van der Waals surface area contributed by atoms with E-state index in [1.807, 2.05) is 11.8 Å². The Kier molecular flexibility index (Phi) is 15.1. The number of rotatable bonds is 20. The molecule has 0 aliphatic carbocycles. The smallest absolute Gasteiger partial charge is 0.161 e. The van der Waals surface area contributed by atoms with Gasteiger partial charge < -0.3 is 9.47 Å². The van der Waals surface area contributed by atoms with Crippen molar-refractivity contribution in [2.24, 2.45) is 0 Å². The molecule has 0 spiro atoms. The second-order valence-electron chi connectivity index (χ2n) is 9.21. The summed E-state index contributed by atoms with van der Waals surface area (Å²) in [6.45, 7) is 6.19. The van der Waals surface area contributed by atoms with Crippen molar-refractivity contribution in [2.75, 3.05) is 13.2 Å². The summed E-state index contributed by atoms with van der Waals surface area (Å²) in [5, 5.41) is 0. The number of fused-ring (bicyclic) bond motifs is 1. The highest BCUT2D eigenvalue weighted by atomic mass is 32.2. The molecule has 0 radical (unpaired) electrons. The summed E-state index contributed by atoms with van der Waals surface area (Å²) in [4.78, 5) is 0. The fourth-order valence-electron chi connectivity index (χ4n) is 4.25. The normalized spacial score (nSPS) is 12.8. The van der Waals surface area contributed by atoms with Crippen molar-refractivity contribution in [3.63, 3.8) is 0 Å². The van der Waals surface area contributed by atoms with Crippen molar-refractivity contribution in [1.29, 1.82) is 0 Å². The summed E-state index contributed by atoms with van der Waals surface area (Å²) in [5.74, 6) is 4.18. The van der Waals surface area contributed by atoms with Crippen LogP contribution in [0.1, 0.15) is 128 Å². The average Bonchev–Trinajstić information content (AvgIpc) is 3.24. The van der Waals surface area contributed by atoms with Crippen LogP contribution in [0, 0.1) is 0 Å². The number of thioether (sulfide) groups is 1. The summed E-state index contributed by atoms with van der Waals surface area (Å²) < 4.78 is 12.4. The lowest BCUT2D eigenvalue weighted by Crippen LogP contribution is -2.04. The summed E-state index contributed by atoms with van der Waals surface area (Å²) in [6.07, 6.45) is 21.3. The first-order valence-corrected chi connectivity index (χ1v) is 14.5. The van der Waals surface area contributed by atoms with Crippen LogP contribution in [-0.4, -0.2) is 13.2 Å². The molecule has 3 heteroatoms. The van der Waals surface area contributed by atoms with Crippen LogP contribution in [0.4, 0.5) is 0 Å². The maximum atomic E-state index is 6.21. The number of hydrogen-bond acceptors (Lipinski definition) is 3. The molecule has 1 aliphatic rings. The summed E-state index contributed by atoms with van der Waals surface area (Å²) in [7, 11) is 0. The minimum absolute atomic E-state index is 0.814. The van der Waals surface area contributed by atoms with Crippen LogP contribution in [0.5, 0.6) is 11.5 Å². The van der Waals surface area contributed by atoms with Gasteiger partial charge in [0.15, 0.2) is 11.5 Å². The maximum Gasteiger partial charge on any atom is 0.161 e. The molecule has 0 N–H and O–H groups in total. The van der Waals surface area contributed by atoms with Crippen LogP contribution in [0.25, 0.3) is 0 Å². The Morgan fingerprint density at radius 2 is 0.903 bits per heavy atom. The Morgan fingerprint density at radius 1 is 0.548 bits per heavy atom. The van der Waals surface area contributed by atoms with Crippen LogP contribution in [0.3, 0.4) is 0 Å². The van der Waals surface area contributed by atoms with E-state index in [1.165, 1.54) is 101 Å². The maximum absolute atomic E-state index is 6.21. The minimum Gasteiger partial charge on any atom is -0.490 e. The van der Waals surface area contributed by atoms with E-state index in [-0.39, 0.29) is 0 Å². The van der Waals surface area contributed by atoms with E-state index in [0.29, 0.717) is 0 Å². The van der Waals surface area contributed by atoms with Crippen molar-refractivity contribution in [2.45, 2.75) is 128 Å². The third kappa shape index (κ3) is 11.6. The lowest BCUT2D eigenvalue weighted by atomic mass is 10.1. The molecule has 2 rings (SSSR count).